The van der Waals surface area contributed by atoms with E-state index in [1.807, 2.05) is 11.4 Å². The molecule has 3 rings (SSSR count). The predicted octanol–water partition coefficient (Wildman–Crippen LogP) is 3.93. The predicted molar refractivity (Wildman–Crippen MR) is 98.7 cm³/mol. The Kier molecular flexibility index (Phi) is 4.90. The quantitative estimate of drug-likeness (QED) is 0.696. The molecule has 2 amide bonds. The maximum Gasteiger partial charge on any atom is 0.279 e. The number of carbonyl (C=O) groups excluding carboxylic acids is 2. The van der Waals surface area contributed by atoms with Gasteiger partial charge in [0, 0.05) is 10.9 Å². The molecular weight excluding hydrogens is 336 g/mol. The molecule has 0 atom stereocenters. The van der Waals surface area contributed by atoms with Crippen LogP contribution in [-0.4, -0.2) is 11.8 Å². The van der Waals surface area contributed by atoms with Gasteiger partial charge in [0.15, 0.2) is 0 Å². The normalized spacial score (nSPS) is 11.0. The van der Waals surface area contributed by atoms with Gasteiger partial charge in [-0.1, -0.05) is 19.9 Å². The highest BCUT2D eigenvalue weighted by Crippen LogP contribution is 2.29. The molecular formula is C19H20N2O3S. The van der Waals surface area contributed by atoms with Gasteiger partial charge in [0.05, 0.1) is 17.6 Å². The maximum atomic E-state index is 12.1. The highest BCUT2D eigenvalue weighted by Gasteiger charge is 2.14. The molecule has 0 aliphatic carbocycles. The van der Waals surface area contributed by atoms with Crippen LogP contribution in [0, 0.1) is 6.92 Å². The van der Waals surface area contributed by atoms with Crippen molar-refractivity contribution in [3.8, 4) is 0 Å². The summed E-state index contributed by atoms with van der Waals surface area (Å²) in [7, 11) is 0. The van der Waals surface area contributed by atoms with Gasteiger partial charge < -0.3 is 4.42 Å². The van der Waals surface area contributed by atoms with Gasteiger partial charge in [-0.2, -0.15) is 0 Å². The molecule has 0 aliphatic heterocycles. The fourth-order valence-corrected chi connectivity index (χ4v) is 3.44. The Morgan fingerprint density at radius 3 is 2.72 bits per heavy atom. The van der Waals surface area contributed by atoms with Crippen molar-refractivity contribution in [3.63, 3.8) is 0 Å². The largest absolute Gasteiger partial charge is 0.464 e. The second kappa shape index (κ2) is 7.11. The number of hydrogen-bond donors (Lipinski definition) is 2. The van der Waals surface area contributed by atoms with Crippen molar-refractivity contribution in [2.24, 2.45) is 0 Å². The van der Waals surface area contributed by atoms with Crippen molar-refractivity contribution in [2.75, 3.05) is 0 Å². The first-order valence-electron chi connectivity index (χ1n) is 8.09. The third kappa shape index (κ3) is 3.74. The molecule has 0 fully saturated rings. The molecule has 0 unspecified atom stereocenters. The van der Waals surface area contributed by atoms with Crippen LogP contribution in [0.5, 0.6) is 0 Å². The maximum absolute atomic E-state index is 12.1. The first-order chi connectivity index (χ1) is 12.0. The van der Waals surface area contributed by atoms with Gasteiger partial charge in [-0.05, 0) is 47.5 Å². The number of benzene rings is 1. The number of aryl methyl sites for hydroxylation is 1. The third-order valence-corrected chi connectivity index (χ3v) is 4.94. The number of furan rings is 1. The van der Waals surface area contributed by atoms with Crippen LogP contribution in [0.2, 0.25) is 0 Å². The summed E-state index contributed by atoms with van der Waals surface area (Å²) < 4.78 is 5.58. The minimum absolute atomic E-state index is 0.137. The lowest BCUT2D eigenvalue weighted by molar-refractivity contribution is -0.121. The van der Waals surface area contributed by atoms with Gasteiger partial charge in [0.25, 0.3) is 5.91 Å². The molecule has 2 N–H and O–H groups in total. The molecule has 0 radical (unpaired) electrons. The fourth-order valence-electron chi connectivity index (χ4n) is 2.82. The van der Waals surface area contributed by atoms with Crippen LogP contribution in [-0.2, 0) is 11.2 Å². The monoisotopic (exact) mass is 356 g/mol. The molecule has 2 heterocycles. The van der Waals surface area contributed by atoms with Crippen molar-refractivity contribution in [1.29, 1.82) is 0 Å². The Bertz CT molecular complexity index is 910. The van der Waals surface area contributed by atoms with E-state index in [-0.39, 0.29) is 18.2 Å². The van der Waals surface area contributed by atoms with E-state index >= 15 is 0 Å². The van der Waals surface area contributed by atoms with E-state index in [4.69, 9.17) is 4.42 Å². The number of fused-ring (bicyclic) bond motifs is 1. The van der Waals surface area contributed by atoms with Gasteiger partial charge in [0.1, 0.15) is 5.58 Å². The van der Waals surface area contributed by atoms with Crippen LogP contribution in [0.4, 0.5) is 0 Å². The molecule has 0 bridgehead atoms. The topological polar surface area (TPSA) is 71.3 Å². The summed E-state index contributed by atoms with van der Waals surface area (Å²) in [5.74, 6) is -0.219. The number of hydrazine groups is 1. The Morgan fingerprint density at radius 1 is 1.24 bits per heavy atom. The minimum atomic E-state index is -0.321. The van der Waals surface area contributed by atoms with Crippen LogP contribution in [0.1, 0.15) is 46.1 Å². The molecule has 0 saturated carbocycles. The standard InChI is InChI=1S/C19H20N2O3S/c1-11(2)14-9-15-13(10-24-16(15)7-12(14)3)8-18(22)20-21-19(23)17-5-4-6-25-17/h4-7,9-11H,8H2,1-3H3,(H,20,22)(H,21,23). The van der Waals surface area contributed by atoms with Crippen molar-refractivity contribution in [3.05, 3.63) is 57.5 Å². The molecule has 25 heavy (non-hydrogen) atoms. The molecule has 5 nitrogen and oxygen atoms in total. The Balaban J connectivity index is 1.71. The average Bonchev–Trinajstić information content (AvgIpc) is 3.22. The van der Waals surface area contributed by atoms with Gasteiger partial charge in [-0.25, -0.2) is 0 Å². The molecule has 0 spiro atoms. The van der Waals surface area contributed by atoms with Gasteiger partial charge in [0.2, 0.25) is 5.91 Å². The Morgan fingerprint density at radius 2 is 2.04 bits per heavy atom. The molecule has 0 saturated heterocycles. The second-order valence-corrected chi connectivity index (χ2v) is 7.22. The number of thiophene rings is 1. The highest BCUT2D eigenvalue weighted by atomic mass is 32.1. The van der Waals surface area contributed by atoms with Gasteiger partial charge in [-0.3, -0.25) is 20.4 Å². The second-order valence-electron chi connectivity index (χ2n) is 6.28. The molecule has 6 heteroatoms. The lowest BCUT2D eigenvalue weighted by Crippen LogP contribution is -2.42. The average molecular weight is 356 g/mol. The van der Waals surface area contributed by atoms with E-state index in [2.05, 4.69) is 37.7 Å². The zero-order chi connectivity index (χ0) is 18.0. The molecule has 0 aliphatic rings. The van der Waals surface area contributed by atoms with Crippen LogP contribution >= 0.6 is 11.3 Å². The number of rotatable bonds is 4. The molecule has 3 aromatic rings. The smallest absolute Gasteiger partial charge is 0.279 e. The van der Waals surface area contributed by atoms with Crippen LogP contribution in [0.15, 0.2) is 40.3 Å². The van der Waals surface area contributed by atoms with E-state index in [1.165, 1.54) is 22.5 Å². The summed E-state index contributed by atoms with van der Waals surface area (Å²) in [6.45, 7) is 6.34. The third-order valence-electron chi connectivity index (χ3n) is 4.08. The van der Waals surface area contributed by atoms with Gasteiger partial charge >= 0.3 is 0 Å². The lowest BCUT2D eigenvalue weighted by Gasteiger charge is -2.10. The van der Waals surface area contributed by atoms with E-state index < -0.39 is 0 Å². The minimum Gasteiger partial charge on any atom is -0.464 e. The van der Waals surface area contributed by atoms with Crippen molar-refractivity contribution in [1.82, 2.24) is 10.9 Å². The number of nitrogens with one attached hydrogen (secondary N) is 2. The number of amides is 2. The first-order valence-corrected chi connectivity index (χ1v) is 8.97. The summed E-state index contributed by atoms with van der Waals surface area (Å²) in [5.41, 5.74) is 8.86. The van der Waals surface area contributed by atoms with E-state index in [9.17, 15) is 9.59 Å². The summed E-state index contributed by atoms with van der Waals surface area (Å²) in [5, 5.41) is 2.75. The van der Waals surface area contributed by atoms with Crippen molar-refractivity contribution < 1.29 is 14.0 Å². The fraction of sp³-hybridized carbons (Fsp3) is 0.263. The number of hydrogen-bond acceptors (Lipinski definition) is 4. The van der Waals surface area contributed by atoms with Crippen LogP contribution in [0.25, 0.3) is 11.0 Å². The summed E-state index contributed by atoms with van der Waals surface area (Å²) >= 11 is 1.32. The zero-order valence-corrected chi connectivity index (χ0v) is 15.2. The van der Waals surface area contributed by atoms with Crippen LogP contribution < -0.4 is 10.9 Å². The summed E-state index contributed by atoms with van der Waals surface area (Å²) in [6, 6.07) is 7.58. The molecule has 130 valence electrons. The van der Waals surface area contributed by atoms with E-state index in [0.717, 1.165) is 16.5 Å². The van der Waals surface area contributed by atoms with Crippen LogP contribution in [0.3, 0.4) is 0 Å². The summed E-state index contributed by atoms with van der Waals surface area (Å²) in [6.07, 6.45) is 1.74. The van der Waals surface area contributed by atoms with Crippen molar-refractivity contribution in [2.45, 2.75) is 33.1 Å². The first kappa shape index (κ1) is 17.2. The molecule has 2 aromatic heterocycles. The Hall–Kier alpha value is -2.60. The molecule has 1 aromatic carbocycles. The summed E-state index contributed by atoms with van der Waals surface area (Å²) in [4.78, 5) is 24.5. The van der Waals surface area contributed by atoms with E-state index in [1.54, 1.807) is 18.4 Å². The lowest BCUT2D eigenvalue weighted by atomic mass is 9.95. The zero-order valence-electron chi connectivity index (χ0n) is 14.4. The Labute approximate surface area is 150 Å². The highest BCUT2D eigenvalue weighted by molar-refractivity contribution is 7.12. The SMILES string of the molecule is Cc1cc2occ(CC(=O)NNC(=O)c3cccs3)c2cc1C(C)C. The van der Waals surface area contributed by atoms with Gasteiger partial charge in [-0.15, -0.1) is 11.3 Å². The van der Waals surface area contributed by atoms with Crippen molar-refractivity contribution >= 4 is 34.1 Å². The number of carbonyl (C=O) groups is 2. The van der Waals surface area contributed by atoms with E-state index in [0.29, 0.717) is 10.8 Å².